The Balaban J connectivity index is 1.29. The molecule has 0 radical (unpaired) electrons. The number of rotatable bonds is 8. The molecule has 3 aromatic carbocycles. The molecule has 1 N–H and O–H groups in total. The minimum Gasteiger partial charge on any atom is -0.507 e. The molecule has 0 unspecified atom stereocenters. The molecule has 0 spiro atoms. The molecule has 1 aliphatic heterocycles. The van der Waals surface area contributed by atoms with Crippen molar-refractivity contribution in [2.75, 3.05) is 33.4 Å². The van der Waals surface area contributed by atoms with E-state index < -0.39 is 0 Å². The number of fused-ring (bicyclic) bond motifs is 1. The van der Waals surface area contributed by atoms with Gasteiger partial charge >= 0.3 is 0 Å². The molecule has 6 heteroatoms. The number of piperidine rings is 1. The first-order valence-corrected chi connectivity index (χ1v) is 12.5. The van der Waals surface area contributed by atoms with Crippen molar-refractivity contribution >= 4 is 21.4 Å². The fraction of sp³-hybridized carbons (Fsp3) is 0.286. The van der Waals surface area contributed by atoms with Gasteiger partial charge in [-0.2, -0.15) is 0 Å². The maximum atomic E-state index is 10.7. The van der Waals surface area contributed by atoms with Crippen LogP contribution in [-0.2, 0) is 0 Å². The highest BCUT2D eigenvalue weighted by Crippen LogP contribution is 2.44. The average Bonchev–Trinajstić information content (AvgIpc) is 3.30. The molecule has 1 aromatic heterocycles. The number of nitrogens with zero attached hydrogens (tertiary/aromatic N) is 1. The number of likely N-dealkylation sites (tertiary alicyclic amines) is 1. The molecule has 0 amide bonds. The molecule has 34 heavy (non-hydrogen) atoms. The third-order valence-electron chi connectivity index (χ3n) is 6.15. The number of hydrogen-bond donors (Lipinski definition) is 1. The summed E-state index contributed by atoms with van der Waals surface area (Å²) in [5, 5.41) is 11.8. The Kier molecular flexibility index (Phi) is 6.88. The van der Waals surface area contributed by atoms with Crippen LogP contribution in [0.25, 0.3) is 20.5 Å². The SMILES string of the molecule is COc1cc(O)c(-c2cc3ccccc3s2)cc1Oc1ccc(OCCN2CCCCC2)cc1. The number of methoxy groups -OCH3 is 1. The van der Waals surface area contributed by atoms with E-state index in [-0.39, 0.29) is 5.75 Å². The molecule has 0 bridgehead atoms. The molecule has 1 fully saturated rings. The van der Waals surface area contributed by atoms with E-state index in [0.717, 1.165) is 28.1 Å². The molecule has 4 aromatic rings. The van der Waals surface area contributed by atoms with Gasteiger partial charge in [0.25, 0.3) is 0 Å². The van der Waals surface area contributed by atoms with Gasteiger partial charge in [0.05, 0.1) is 7.11 Å². The minimum absolute atomic E-state index is 0.160. The minimum atomic E-state index is 0.160. The van der Waals surface area contributed by atoms with Gasteiger partial charge in [-0.1, -0.05) is 24.6 Å². The predicted molar refractivity (Wildman–Crippen MR) is 138 cm³/mol. The largest absolute Gasteiger partial charge is 0.507 e. The topological polar surface area (TPSA) is 51.2 Å². The number of benzene rings is 3. The van der Waals surface area contributed by atoms with Gasteiger partial charge in [-0.05, 0) is 73.8 Å². The van der Waals surface area contributed by atoms with E-state index in [1.165, 1.54) is 37.1 Å². The lowest BCUT2D eigenvalue weighted by Crippen LogP contribution is -2.33. The zero-order valence-electron chi connectivity index (χ0n) is 19.3. The molecule has 5 rings (SSSR count). The van der Waals surface area contributed by atoms with Crippen LogP contribution in [0.4, 0.5) is 0 Å². The molecule has 0 aliphatic carbocycles. The van der Waals surface area contributed by atoms with E-state index in [9.17, 15) is 5.11 Å². The lowest BCUT2D eigenvalue weighted by molar-refractivity contribution is 0.183. The first-order valence-electron chi connectivity index (χ1n) is 11.7. The molecule has 0 atom stereocenters. The van der Waals surface area contributed by atoms with Gasteiger partial charge < -0.3 is 19.3 Å². The number of hydrogen-bond acceptors (Lipinski definition) is 6. The van der Waals surface area contributed by atoms with E-state index in [4.69, 9.17) is 14.2 Å². The van der Waals surface area contributed by atoms with Crippen LogP contribution in [0.3, 0.4) is 0 Å². The Morgan fingerprint density at radius 3 is 2.41 bits per heavy atom. The third-order valence-corrected chi connectivity index (χ3v) is 7.30. The van der Waals surface area contributed by atoms with Crippen LogP contribution < -0.4 is 14.2 Å². The van der Waals surface area contributed by atoms with Gasteiger partial charge in [0.2, 0.25) is 0 Å². The van der Waals surface area contributed by atoms with Gasteiger partial charge in [-0.3, -0.25) is 4.90 Å². The summed E-state index contributed by atoms with van der Waals surface area (Å²) in [5.74, 6) is 2.69. The second-order valence-electron chi connectivity index (χ2n) is 8.49. The van der Waals surface area contributed by atoms with E-state index in [2.05, 4.69) is 23.1 Å². The Hall–Kier alpha value is -3.22. The summed E-state index contributed by atoms with van der Waals surface area (Å²) in [6.07, 6.45) is 3.92. The van der Waals surface area contributed by atoms with Crippen molar-refractivity contribution in [3.8, 4) is 39.2 Å². The standard InChI is InChI=1S/C28H29NO4S/c1-31-25-19-24(30)23(28-17-20-7-3-4-8-27(20)34-28)18-26(25)33-22-11-9-21(10-12-22)32-16-15-29-13-5-2-6-14-29/h3-4,7-12,17-19,30H,2,5-6,13-16H2,1H3. The highest BCUT2D eigenvalue weighted by Gasteiger charge is 2.16. The number of phenols is 1. The maximum absolute atomic E-state index is 10.7. The van der Waals surface area contributed by atoms with E-state index in [1.54, 1.807) is 24.5 Å². The first kappa shape index (κ1) is 22.6. The monoisotopic (exact) mass is 475 g/mol. The van der Waals surface area contributed by atoms with Crippen LogP contribution in [0.5, 0.6) is 28.7 Å². The van der Waals surface area contributed by atoms with Gasteiger partial charge in [0.1, 0.15) is 23.9 Å². The molecular formula is C28H29NO4S. The fourth-order valence-electron chi connectivity index (χ4n) is 4.31. The Bertz CT molecular complexity index is 1210. The van der Waals surface area contributed by atoms with Crippen molar-refractivity contribution in [2.24, 2.45) is 0 Å². The quantitative estimate of drug-likeness (QED) is 0.299. The van der Waals surface area contributed by atoms with Crippen molar-refractivity contribution < 1.29 is 19.3 Å². The Morgan fingerprint density at radius 2 is 1.65 bits per heavy atom. The number of ether oxygens (including phenoxy) is 3. The first-order chi connectivity index (χ1) is 16.7. The lowest BCUT2D eigenvalue weighted by atomic mass is 10.1. The van der Waals surface area contributed by atoms with Gasteiger partial charge in [0.15, 0.2) is 11.5 Å². The van der Waals surface area contributed by atoms with Crippen LogP contribution in [0.2, 0.25) is 0 Å². The summed E-state index contributed by atoms with van der Waals surface area (Å²) in [4.78, 5) is 3.44. The van der Waals surface area contributed by atoms with E-state index in [1.807, 2.05) is 42.5 Å². The van der Waals surface area contributed by atoms with Crippen molar-refractivity contribution in [3.05, 3.63) is 66.7 Å². The Labute approximate surface area is 204 Å². The molecule has 5 nitrogen and oxygen atoms in total. The predicted octanol–water partition coefficient (Wildman–Crippen LogP) is 6.94. The van der Waals surface area contributed by atoms with Crippen LogP contribution in [0.1, 0.15) is 19.3 Å². The normalized spacial score (nSPS) is 14.3. The molecule has 1 aliphatic rings. The summed E-state index contributed by atoms with van der Waals surface area (Å²) < 4.78 is 18.7. The van der Waals surface area contributed by atoms with Crippen molar-refractivity contribution in [2.45, 2.75) is 19.3 Å². The maximum Gasteiger partial charge on any atom is 0.170 e. The van der Waals surface area contributed by atoms with Crippen LogP contribution in [-0.4, -0.2) is 43.4 Å². The van der Waals surface area contributed by atoms with Crippen LogP contribution in [0.15, 0.2) is 66.7 Å². The summed E-state index contributed by atoms with van der Waals surface area (Å²) in [7, 11) is 1.57. The summed E-state index contributed by atoms with van der Waals surface area (Å²) in [6, 6.07) is 21.3. The third kappa shape index (κ3) is 5.13. The average molecular weight is 476 g/mol. The zero-order valence-corrected chi connectivity index (χ0v) is 20.1. The van der Waals surface area contributed by atoms with Crippen LogP contribution in [0, 0.1) is 0 Å². The number of phenolic OH excluding ortho intramolecular Hbond substituents is 1. The smallest absolute Gasteiger partial charge is 0.170 e. The van der Waals surface area contributed by atoms with Crippen molar-refractivity contribution in [3.63, 3.8) is 0 Å². The molecule has 0 saturated carbocycles. The molecular weight excluding hydrogens is 446 g/mol. The summed E-state index contributed by atoms with van der Waals surface area (Å²) in [5.41, 5.74) is 0.717. The zero-order chi connectivity index (χ0) is 23.3. The van der Waals surface area contributed by atoms with E-state index >= 15 is 0 Å². The summed E-state index contributed by atoms with van der Waals surface area (Å²) in [6.45, 7) is 4.00. The second kappa shape index (κ2) is 10.4. The Morgan fingerprint density at radius 1 is 0.882 bits per heavy atom. The molecule has 176 valence electrons. The molecule has 2 heterocycles. The number of aromatic hydroxyl groups is 1. The molecule has 1 saturated heterocycles. The highest BCUT2D eigenvalue weighted by molar-refractivity contribution is 7.22. The number of thiophene rings is 1. The fourth-order valence-corrected chi connectivity index (χ4v) is 5.39. The van der Waals surface area contributed by atoms with Crippen molar-refractivity contribution in [1.29, 1.82) is 0 Å². The van der Waals surface area contributed by atoms with Gasteiger partial charge in [-0.15, -0.1) is 11.3 Å². The lowest BCUT2D eigenvalue weighted by Gasteiger charge is -2.26. The van der Waals surface area contributed by atoms with Gasteiger partial charge in [0, 0.05) is 27.8 Å². The van der Waals surface area contributed by atoms with Crippen LogP contribution >= 0.6 is 11.3 Å². The van der Waals surface area contributed by atoms with E-state index in [0.29, 0.717) is 23.9 Å². The van der Waals surface area contributed by atoms with Crippen molar-refractivity contribution in [1.82, 2.24) is 4.90 Å². The van der Waals surface area contributed by atoms with Gasteiger partial charge in [-0.25, -0.2) is 0 Å². The summed E-state index contributed by atoms with van der Waals surface area (Å²) >= 11 is 1.64. The highest BCUT2D eigenvalue weighted by atomic mass is 32.1. The second-order valence-corrected chi connectivity index (χ2v) is 9.58.